The van der Waals surface area contributed by atoms with Gasteiger partial charge in [-0.1, -0.05) is 79.1 Å². The number of hydrogen-bond acceptors (Lipinski definition) is 3. The number of nitrogens with zero attached hydrogens (tertiary/aromatic N) is 1. The summed E-state index contributed by atoms with van der Waals surface area (Å²) >= 11 is 0. The summed E-state index contributed by atoms with van der Waals surface area (Å²) in [4.78, 5) is 14.9. The van der Waals surface area contributed by atoms with Crippen LogP contribution in [0.25, 0.3) is 0 Å². The molecule has 0 heterocycles. The van der Waals surface area contributed by atoms with Gasteiger partial charge in [0.2, 0.25) is 0 Å². The summed E-state index contributed by atoms with van der Waals surface area (Å²) in [6.07, 6.45) is 17.6. The first-order valence-electron chi connectivity index (χ1n) is 12.1. The SMILES string of the molecule is CCCCCC(CCCCC)OC(=O)CCN(CCCCC)CCCCC. The molecular weight excluding hydrogens is 334 g/mol. The van der Waals surface area contributed by atoms with Gasteiger partial charge in [0, 0.05) is 6.54 Å². The molecule has 162 valence electrons. The molecule has 0 N–H and O–H groups in total. The van der Waals surface area contributed by atoms with Crippen LogP contribution in [0.4, 0.5) is 0 Å². The maximum atomic E-state index is 12.4. The normalized spacial score (nSPS) is 11.5. The molecule has 0 spiro atoms. The van der Waals surface area contributed by atoms with Crippen LogP contribution in [0.3, 0.4) is 0 Å². The van der Waals surface area contributed by atoms with Gasteiger partial charge in [-0.3, -0.25) is 4.79 Å². The van der Waals surface area contributed by atoms with Gasteiger partial charge in [0.05, 0.1) is 6.42 Å². The van der Waals surface area contributed by atoms with E-state index in [2.05, 4.69) is 32.6 Å². The summed E-state index contributed by atoms with van der Waals surface area (Å²) in [5.41, 5.74) is 0. The van der Waals surface area contributed by atoms with E-state index in [9.17, 15) is 4.79 Å². The number of carbonyl (C=O) groups is 1. The molecule has 0 unspecified atom stereocenters. The molecule has 0 aliphatic heterocycles. The Bertz CT molecular complexity index is 300. The van der Waals surface area contributed by atoms with Crippen LogP contribution in [0, 0.1) is 0 Å². The third kappa shape index (κ3) is 17.3. The Labute approximate surface area is 170 Å². The predicted octanol–water partition coefficient (Wildman–Crippen LogP) is 7.13. The number of unbranched alkanes of at least 4 members (excludes halogenated alkanes) is 8. The Balaban J connectivity index is 4.30. The second-order valence-electron chi connectivity index (χ2n) is 8.11. The number of carbonyl (C=O) groups excluding carboxylic acids is 1. The van der Waals surface area contributed by atoms with E-state index in [0.717, 1.165) is 32.5 Å². The molecule has 0 bridgehead atoms. The Kier molecular flexibility index (Phi) is 19.7. The minimum absolute atomic E-state index is 0.0176. The van der Waals surface area contributed by atoms with E-state index in [4.69, 9.17) is 4.74 Å². The Morgan fingerprint density at radius 2 is 1.11 bits per heavy atom. The number of esters is 1. The maximum absolute atomic E-state index is 12.4. The van der Waals surface area contributed by atoms with E-state index >= 15 is 0 Å². The van der Waals surface area contributed by atoms with Crippen LogP contribution in [0.5, 0.6) is 0 Å². The van der Waals surface area contributed by atoms with E-state index < -0.39 is 0 Å². The molecule has 27 heavy (non-hydrogen) atoms. The zero-order valence-electron chi connectivity index (χ0n) is 19.1. The first kappa shape index (κ1) is 26.4. The molecule has 0 saturated carbocycles. The molecule has 3 nitrogen and oxygen atoms in total. The molecule has 0 saturated heterocycles. The summed E-state index contributed by atoms with van der Waals surface area (Å²) in [6, 6.07) is 0. The van der Waals surface area contributed by atoms with E-state index in [1.165, 1.54) is 77.0 Å². The Morgan fingerprint density at radius 3 is 1.56 bits per heavy atom. The molecule has 0 radical (unpaired) electrons. The van der Waals surface area contributed by atoms with Crippen molar-refractivity contribution >= 4 is 5.97 Å². The van der Waals surface area contributed by atoms with Gasteiger partial charge in [-0.05, 0) is 51.6 Å². The van der Waals surface area contributed by atoms with Crippen LogP contribution in [0.1, 0.15) is 124 Å². The summed E-state index contributed by atoms with van der Waals surface area (Å²) < 4.78 is 5.88. The van der Waals surface area contributed by atoms with Gasteiger partial charge < -0.3 is 9.64 Å². The third-order valence-corrected chi connectivity index (χ3v) is 5.35. The quantitative estimate of drug-likeness (QED) is 0.165. The lowest BCUT2D eigenvalue weighted by Gasteiger charge is -2.23. The van der Waals surface area contributed by atoms with Crippen molar-refractivity contribution in [3.8, 4) is 0 Å². The monoisotopic (exact) mass is 383 g/mol. The van der Waals surface area contributed by atoms with Gasteiger partial charge in [0.1, 0.15) is 6.10 Å². The second-order valence-corrected chi connectivity index (χ2v) is 8.11. The van der Waals surface area contributed by atoms with Crippen LogP contribution < -0.4 is 0 Å². The first-order chi connectivity index (χ1) is 13.2. The number of ether oxygens (including phenoxy) is 1. The van der Waals surface area contributed by atoms with E-state index in [-0.39, 0.29) is 12.1 Å². The lowest BCUT2D eigenvalue weighted by molar-refractivity contribution is -0.150. The van der Waals surface area contributed by atoms with Crippen molar-refractivity contribution in [1.29, 1.82) is 0 Å². The van der Waals surface area contributed by atoms with Gasteiger partial charge in [-0.25, -0.2) is 0 Å². The molecule has 0 aliphatic carbocycles. The van der Waals surface area contributed by atoms with Crippen molar-refractivity contribution in [2.24, 2.45) is 0 Å². The molecule has 0 aromatic heterocycles. The summed E-state index contributed by atoms with van der Waals surface area (Å²) in [5, 5.41) is 0. The zero-order chi connectivity index (χ0) is 20.2. The minimum atomic E-state index is 0.0176. The summed E-state index contributed by atoms with van der Waals surface area (Å²) in [5.74, 6) is 0.0176. The van der Waals surface area contributed by atoms with Gasteiger partial charge in [0.25, 0.3) is 0 Å². The van der Waals surface area contributed by atoms with Crippen molar-refractivity contribution in [2.45, 2.75) is 130 Å². The molecule has 3 heteroatoms. The van der Waals surface area contributed by atoms with Gasteiger partial charge in [-0.15, -0.1) is 0 Å². The maximum Gasteiger partial charge on any atom is 0.307 e. The third-order valence-electron chi connectivity index (χ3n) is 5.35. The average molecular weight is 384 g/mol. The fourth-order valence-electron chi connectivity index (χ4n) is 3.51. The lowest BCUT2D eigenvalue weighted by atomic mass is 10.0. The van der Waals surface area contributed by atoms with Crippen molar-refractivity contribution in [1.82, 2.24) is 4.90 Å². The smallest absolute Gasteiger partial charge is 0.307 e. The van der Waals surface area contributed by atoms with Crippen LogP contribution in [0.15, 0.2) is 0 Å². The van der Waals surface area contributed by atoms with Crippen molar-refractivity contribution in [2.75, 3.05) is 19.6 Å². The molecule has 0 atom stereocenters. The van der Waals surface area contributed by atoms with Crippen LogP contribution in [-0.4, -0.2) is 36.6 Å². The Morgan fingerprint density at radius 1 is 0.667 bits per heavy atom. The highest BCUT2D eigenvalue weighted by Gasteiger charge is 2.15. The molecule has 0 amide bonds. The standard InChI is InChI=1S/C24H49NO2/c1-5-9-13-17-23(18-14-10-6-2)27-24(26)19-22-25(20-15-11-7-3)21-16-12-8-4/h23H,5-22H2,1-4H3. The first-order valence-corrected chi connectivity index (χ1v) is 12.1. The fraction of sp³-hybridized carbons (Fsp3) is 0.958. The number of hydrogen-bond donors (Lipinski definition) is 0. The average Bonchev–Trinajstić information content (AvgIpc) is 2.66. The fourth-order valence-corrected chi connectivity index (χ4v) is 3.51. The molecule has 0 rings (SSSR count). The molecule has 0 aromatic rings. The van der Waals surface area contributed by atoms with Crippen molar-refractivity contribution in [3.63, 3.8) is 0 Å². The predicted molar refractivity (Wildman–Crippen MR) is 118 cm³/mol. The topological polar surface area (TPSA) is 29.5 Å². The lowest BCUT2D eigenvalue weighted by Crippen LogP contribution is -2.30. The summed E-state index contributed by atoms with van der Waals surface area (Å²) in [7, 11) is 0. The van der Waals surface area contributed by atoms with Gasteiger partial charge in [-0.2, -0.15) is 0 Å². The van der Waals surface area contributed by atoms with E-state index in [0.29, 0.717) is 6.42 Å². The summed E-state index contributed by atoms with van der Waals surface area (Å²) in [6.45, 7) is 12.1. The Hall–Kier alpha value is -0.570. The van der Waals surface area contributed by atoms with Crippen molar-refractivity contribution < 1.29 is 9.53 Å². The van der Waals surface area contributed by atoms with Crippen molar-refractivity contribution in [3.05, 3.63) is 0 Å². The molecule has 0 fully saturated rings. The second kappa shape index (κ2) is 20.2. The van der Waals surface area contributed by atoms with E-state index in [1.807, 2.05) is 0 Å². The van der Waals surface area contributed by atoms with Gasteiger partial charge >= 0.3 is 5.97 Å². The highest BCUT2D eigenvalue weighted by molar-refractivity contribution is 5.69. The molecule has 0 aromatic carbocycles. The van der Waals surface area contributed by atoms with Crippen LogP contribution >= 0.6 is 0 Å². The highest BCUT2D eigenvalue weighted by Crippen LogP contribution is 2.15. The number of rotatable bonds is 20. The highest BCUT2D eigenvalue weighted by atomic mass is 16.5. The van der Waals surface area contributed by atoms with Gasteiger partial charge in [0.15, 0.2) is 0 Å². The van der Waals surface area contributed by atoms with Crippen LogP contribution in [0.2, 0.25) is 0 Å². The molecular formula is C24H49NO2. The molecule has 0 aliphatic rings. The van der Waals surface area contributed by atoms with Crippen LogP contribution in [-0.2, 0) is 9.53 Å². The zero-order valence-corrected chi connectivity index (χ0v) is 19.1. The minimum Gasteiger partial charge on any atom is -0.462 e. The largest absolute Gasteiger partial charge is 0.462 e. The van der Waals surface area contributed by atoms with E-state index in [1.54, 1.807) is 0 Å².